The molecular formula is C20H35F3N2O5. The first kappa shape index (κ1) is 26.3. The van der Waals surface area contributed by atoms with E-state index in [0.717, 1.165) is 19.3 Å². The van der Waals surface area contributed by atoms with Gasteiger partial charge in [0.15, 0.2) is 6.61 Å². The van der Waals surface area contributed by atoms with Gasteiger partial charge in [0.2, 0.25) is 0 Å². The van der Waals surface area contributed by atoms with E-state index in [9.17, 15) is 22.8 Å². The Balaban J connectivity index is 2.56. The van der Waals surface area contributed by atoms with Crippen LogP contribution in [0, 0.1) is 10.8 Å². The molecule has 0 saturated heterocycles. The number of unbranched alkanes of at least 4 members (excludes halogenated alkanes) is 1. The fourth-order valence-corrected chi connectivity index (χ4v) is 4.10. The number of ether oxygens (including phenoxy) is 3. The molecule has 0 spiro atoms. The molecule has 1 aliphatic carbocycles. The van der Waals surface area contributed by atoms with Crippen LogP contribution in [0.5, 0.6) is 0 Å². The molecule has 0 aliphatic heterocycles. The molecule has 2 unspecified atom stereocenters. The average molecular weight is 441 g/mol. The standard InChI is InChI=1S/C20H35F3N2O5/c1-5-6-8-28-16(26)24-13-19(4)11-15(10-18(2,3)12-19)25-17(27)29-14-20(22,23)30-9-7-21/h15H,5-14H2,1-4H3,(H,24,26)(H,25,27). The normalized spacial score (nSPS) is 23.5. The summed E-state index contributed by atoms with van der Waals surface area (Å²) in [6, 6.07) is -0.315. The third-order valence-corrected chi connectivity index (χ3v) is 4.92. The molecule has 176 valence electrons. The first-order valence-corrected chi connectivity index (χ1v) is 10.3. The second kappa shape index (κ2) is 11.6. The summed E-state index contributed by atoms with van der Waals surface area (Å²) in [5, 5.41) is 5.40. The minimum atomic E-state index is -3.74. The van der Waals surface area contributed by atoms with Crippen molar-refractivity contribution in [2.24, 2.45) is 10.8 Å². The van der Waals surface area contributed by atoms with Crippen molar-refractivity contribution < 1.29 is 37.0 Å². The Bertz CT molecular complexity index is 563. The molecule has 10 heteroatoms. The first-order valence-electron chi connectivity index (χ1n) is 10.3. The number of hydrogen-bond donors (Lipinski definition) is 2. The van der Waals surface area contributed by atoms with E-state index in [1.807, 2.05) is 27.7 Å². The van der Waals surface area contributed by atoms with Crippen LogP contribution in [0.4, 0.5) is 22.8 Å². The number of halogens is 3. The van der Waals surface area contributed by atoms with Crippen molar-refractivity contribution in [1.82, 2.24) is 10.6 Å². The van der Waals surface area contributed by atoms with Gasteiger partial charge in [0, 0.05) is 12.6 Å². The largest absolute Gasteiger partial charge is 0.450 e. The van der Waals surface area contributed by atoms with Gasteiger partial charge in [-0.1, -0.05) is 34.1 Å². The van der Waals surface area contributed by atoms with Crippen LogP contribution in [-0.4, -0.2) is 57.4 Å². The average Bonchev–Trinajstić information content (AvgIpc) is 2.62. The quantitative estimate of drug-likeness (QED) is 0.465. The van der Waals surface area contributed by atoms with Gasteiger partial charge in [-0.05, 0) is 36.5 Å². The highest BCUT2D eigenvalue weighted by atomic mass is 19.3. The smallest absolute Gasteiger partial charge is 0.407 e. The van der Waals surface area contributed by atoms with Crippen LogP contribution in [-0.2, 0) is 14.2 Å². The summed E-state index contributed by atoms with van der Waals surface area (Å²) in [7, 11) is 0. The molecule has 30 heavy (non-hydrogen) atoms. The Kier molecular flexibility index (Phi) is 10.2. The van der Waals surface area contributed by atoms with E-state index in [0.29, 0.717) is 26.0 Å². The minimum Gasteiger partial charge on any atom is -0.450 e. The summed E-state index contributed by atoms with van der Waals surface area (Å²) >= 11 is 0. The highest BCUT2D eigenvalue weighted by molar-refractivity contribution is 5.68. The van der Waals surface area contributed by atoms with E-state index in [1.54, 1.807) is 0 Å². The number of alkyl halides is 3. The van der Waals surface area contributed by atoms with Gasteiger partial charge in [0.1, 0.15) is 6.67 Å². The molecule has 1 aliphatic rings. The molecule has 1 fully saturated rings. The second-order valence-electron chi connectivity index (χ2n) is 9.00. The van der Waals surface area contributed by atoms with Crippen LogP contribution in [0.3, 0.4) is 0 Å². The Labute approximate surface area is 176 Å². The third kappa shape index (κ3) is 10.4. The first-order chi connectivity index (χ1) is 13.9. The van der Waals surface area contributed by atoms with E-state index in [1.165, 1.54) is 0 Å². The highest BCUT2D eigenvalue weighted by Crippen LogP contribution is 2.45. The molecule has 1 saturated carbocycles. The van der Waals surface area contributed by atoms with Gasteiger partial charge < -0.3 is 24.8 Å². The zero-order valence-corrected chi connectivity index (χ0v) is 18.3. The molecule has 0 aromatic heterocycles. The van der Waals surface area contributed by atoms with Crippen molar-refractivity contribution in [1.29, 1.82) is 0 Å². The third-order valence-electron chi connectivity index (χ3n) is 4.92. The number of nitrogens with one attached hydrogen (secondary N) is 2. The van der Waals surface area contributed by atoms with Gasteiger partial charge in [0.05, 0.1) is 13.2 Å². The number of rotatable bonds is 11. The Morgan fingerprint density at radius 3 is 2.43 bits per heavy atom. The lowest BCUT2D eigenvalue weighted by Gasteiger charge is -2.46. The topological polar surface area (TPSA) is 85.9 Å². The molecule has 2 amide bonds. The lowest BCUT2D eigenvalue weighted by atomic mass is 9.62. The number of carbonyl (C=O) groups excluding carboxylic acids is 2. The zero-order valence-electron chi connectivity index (χ0n) is 18.3. The number of carbonyl (C=O) groups is 2. The summed E-state index contributed by atoms with van der Waals surface area (Å²) in [5.41, 5.74) is -0.468. The summed E-state index contributed by atoms with van der Waals surface area (Å²) in [4.78, 5) is 23.8. The van der Waals surface area contributed by atoms with Crippen molar-refractivity contribution in [3.05, 3.63) is 0 Å². The van der Waals surface area contributed by atoms with Crippen molar-refractivity contribution >= 4 is 12.2 Å². The summed E-state index contributed by atoms with van der Waals surface area (Å²) in [6.07, 6.45) is -1.52. The molecule has 0 aromatic carbocycles. The van der Waals surface area contributed by atoms with Gasteiger partial charge in [-0.25, -0.2) is 14.0 Å². The Hall–Kier alpha value is -1.71. The summed E-state index contributed by atoms with van der Waals surface area (Å²) in [5.74, 6) is 0. The van der Waals surface area contributed by atoms with Gasteiger partial charge in [-0.15, -0.1) is 0 Å². The van der Waals surface area contributed by atoms with Gasteiger partial charge in [0.25, 0.3) is 0 Å². The molecule has 0 heterocycles. The van der Waals surface area contributed by atoms with Crippen LogP contribution in [0.1, 0.15) is 59.8 Å². The lowest BCUT2D eigenvalue weighted by Crippen LogP contribution is -2.50. The van der Waals surface area contributed by atoms with E-state index >= 15 is 0 Å². The van der Waals surface area contributed by atoms with Gasteiger partial charge >= 0.3 is 18.3 Å². The number of hydrogen-bond acceptors (Lipinski definition) is 5. The van der Waals surface area contributed by atoms with E-state index in [2.05, 4.69) is 20.1 Å². The Morgan fingerprint density at radius 2 is 1.80 bits per heavy atom. The molecule has 2 N–H and O–H groups in total. The van der Waals surface area contributed by atoms with Gasteiger partial charge in [-0.3, -0.25) is 0 Å². The number of amides is 2. The Morgan fingerprint density at radius 1 is 1.10 bits per heavy atom. The maximum Gasteiger partial charge on any atom is 0.407 e. The van der Waals surface area contributed by atoms with Crippen LogP contribution in [0.25, 0.3) is 0 Å². The maximum absolute atomic E-state index is 13.3. The maximum atomic E-state index is 13.3. The van der Waals surface area contributed by atoms with Crippen molar-refractivity contribution in [2.75, 3.05) is 33.0 Å². The lowest BCUT2D eigenvalue weighted by molar-refractivity contribution is -0.257. The van der Waals surface area contributed by atoms with Crippen LogP contribution >= 0.6 is 0 Å². The fraction of sp³-hybridized carbons (Fsp3) is 0.900. The van der Waals surface area contributed by atoms with Crippen molar-refractivity contribution in [3.63, 3.8) is 0 Å². The van der Waals surface area contributed by atoms with Crippen LogP contribution in [0.15, 0.2) is 0 Å². The molecule has 0 radical (unpaired) electrons. The van der Waals surface area contributed by atoms with Crippen LogP contribution < -0.4 is 10.6 Å². The molecule has 0 bridgehead atoms. The van der Waals surface area contributed by atoms with E-state index in [4.69, 9.17) is 4.74 Å². The van der Waals surface area contributed by atoms with Crippen LogP contribution in [0.2, 0.25) is 0 Å². The summed E-state index contributed by atoms with van der Waals surface area (Å²) < 4.78 is 52.3. The van der Waals surface area contributed by atoms with E-state index < -0.39 is 38.2 Å². The monoisotopic (exact) mass is 440 g/mol. The van der Waals surface area contributed by atoms with E-state index in [-0.39, 0.29) is 16.9 Å². The zero-order chi connectivity index (χ0) is 22.8. The molecular weight excluding hydrogens is 405 g/mol. The van der Waals surface area contributed by atoms with Crippen molar-refractivity contribution in [3.8, 4) is 0 Å². The molecule has 1 rings (SSSR count). The SMILES string of the molecule is CCCCOC(=O)NCC1(C)CC(NC(=O)OCC(F)(F)OCCF)CC(C)(C)C1. The second-order valence-corrected chi connectivity index (χ2v) is 9.00. The molecule has 2 atom stereocenters. The minimum absolute atomic E-state index is 0.146. The number of alkyl carbamates (subject to hydrolysis) is 2. The predicted molar refractivity (Wildman–Crippen MR) is 105 cm³/mol. The molecule has 0 aromatic rings. The molecule has 7 nitrogen and oxygen atoms in total. The van der Waals surface area contributed by atoms with Gasteiger partial charge in [-0.2, -0.15) is 8.78 Å². The predicted octanol–water partition coefficient (Wildman–Crippen LogP) is 4.40. The highest BCUT2D eigenvalue weighted by Gasteiger charge is 2.42. The summed E-state index contributed by atoms with van der Waals surface area (Å²) in [6.45, 7) is 5.69. The van der Waals surface area contributed by atoms with Crippen molar-refractivity contribution in [2.45, 2.75) is 71.9 Å². The fourth-order valence-electron chi connectivity index (χ4n) is 4.10.